The van der Waals surface area contributed by atoms with E-state index in [1.54, 1.807) is 19.1 Å². The van der Waals surface area contributed by atoms with Crippen molar-refractivity contribution in [3.63, 3.8) is 0 Å². The lowest BCUT2D eigenvalue weighted by molar-refractivity contribution is 0.102. The molecule has 2 aromatic rings. The highest BCUT2D eigenvalue weighted by Gasteiger charge is 2.13. The van der Waals surface area contributed by atoms with Crippen LogP contribution in [0.1, 0.15) is 27.9 Å². The molecule has 0 aliphatic carbocycles. The third-order valence-electron chi connectivity index (χ3n) is 3.22. The Morgan fingerprint density at radius 2 is 2.00 bits per heavy atom. The lowest BCUT2D eigenvalue weighted by Gasteiger charge is -2.09. The van der Waals surface area contributed by atoms with E-state index in [0.29, 0.717) is 11.3 Å². The Morgan fingerprint density at radius 3 is 2.76 bits per heavy atom. The SMILES string of the molecule is Cc1cccc(C(=O)Nc2cccc(CCCBr)c2)c1F. The van der Waals surface area contributed by atoms with Gasteiger partial charge in [0.1, 0.15) is 5.82 Å². The Balaban J connectivity index is 2.14. The van der Waals surface area contributed by atoms with Gasteiger partial charge in [-0.3, -0.25) is 4.79 Å². The van der Waals surface area contributed by atoms with Crippen molar-refractivity contribution in [3.8, 4) is 0 Å². The van der Waals surface area contributed by atoms with Gasteiger partial charge in [-0.05, 0) is 49.1 Å². The maximum atomic E-state index is 13.9. The Labute approximate surface area is 132 Å². The van der Waals surface area contributed by atoms with Gasteiger partial charge in [0.15, 0.2) is 0 Å². The minimum atomic E-state index is -0.467. The van der Waals surface area contributed by atoms with E-state index in [2.05, 4.69) is 21.2 Å². The average molecular weight is 350 g/mol. The first-order valence-electron chi connectivity index (χ1n) is 6.83. The first-order valence-corrected chi connectivity index (χ1v) is 7.95. The van der Waals surface area contributed by atoms with Gasteiger partial charge in [0, 0.05) is 11.0 Å². The zero-order chi connectivity index (χ0) is 15.2. The van der Waals surface area contributed by atoms with Crippen LogP contribution in [0.4, 0.5) is 10.1 Å². The summed E-state index contributed by atoms with van der Waals surface area (Å²) in [5.41, 5.74) is 2.37. The van der Waals surface area contributed by atoms with Crippen molar-refractivity contribution >= 4 is 27.5 Å². The summed E-state index contributed by atoms with van der Waals surface area (Å²) < 4.78 is 13.9. The molecule has 1 amide bonds. The Hall–Kier alpha value is -1.68. The fourth-order valence-electron chi connectivity index (χ4n) is 2.10. The number of hydrogen-bond donors (Lipinski definition) is 1. The van der Waals surface area contributed by atoms with Crippen LogP contribution < -0.4 is 5.32 Å². The zero-order valence-electron chi connectivity index (χ0n) is 11.8. The standard InChI is InChI=1S/C17H17BrFNO/c1-12-5-2-9-15(16(12)19)17(21)20-14-8-3-6-13(11-14)7-4-10-18/h2-3,5-6,8-9,11H,4,7,10H2,1H3,(H,20,21). The van der Waals surface area contributed by atoms with E-state index in [-0.39, 0.29) is 5.56 Å². The van der Waals surface area contributed by atoms with E-state index < -0.39 is 11.7 Å². The average Bonchev–Trinajstić information content (AvgIpc) is 2.48. The summed E-state index contributed by atoms with van der Waals surface area (Å²) in [6, 6.07) is 12.5. The molecule has 0 aliphatic heterocycles. The van der Waals surface area contributed by atoms with Crippen LogP contribution in [0.2, 0.25) is 0 Å². The van der Waals surface area contributed by atoms with Gasteiger partial charge in [0.2, 0.25) is 0 Å². The van der Waals surface area contributed by atoms with E-state index in [0.717, 1.165) is 23.7 Å². The van der Waals surface area contributed by atoms with E-state index in [1.165, 1.54) is 6.07 Å². The maximum Gasteiger partial charge on any atom is 0.258 e. The summed E-state index contributed by atoms with van der Waals surface area (Å²) >= 11 is 3.40. The zero-order valence-corrected chi connectivity index (χ0v) is 13.4. The molecule has 0 aliphatic rings. The molecule has 1 N–H and O–H groups in total. The number of alkyl halides is 1. The number of rotatable bonds is 5. The minimum Gasteiger partial charge on any atom is -0.322 e. The summed E-state index contributed by atoms with van der Waals surface area (Å²) in [6.07, 6.45) is 1.97. The quantitative estimate of drug-likeness (QED) is 0.777. The number of benzene rings is 2. The predicted molar refractivity (Wildman–Crippen MR) is 87.6 cm³/mol. The summed E-state index contributed by atoms with van der Waals surface area (Å²) in [5.74, 6) is -0.890. The normalized spacial score (nSPS) is 10.4. The third-order valence-corrected chi connectivity index (χ3v) is 3.78. The number of halogens is 2. The van der Waals surface area contributed by atoms with Crippen molar-refractivity contribution < 1.29 is 9.18 Å². The van der Waals surface area contributed by atoms with Crippen LogP contribution in [0.15, 0.2) is 42.5 Å². The van der Waals surface area contributed by atoms with Crippen LogP contribution in [-0.4, -0.2) is 11.2 Å². The van der Waals surface area contributed by atoms with E-state index in [1.807, 2.05) is 24.3 Å². The third kappa shape index (κ3) is 4.14. The van der Waals surface area contributed by atoms with Crippen LogP contribution in [-0.2, 0) is 6.42 Å². The summed E-state index contributed by atoms with van der Waals surface area (Å²) in [7, 11) is 0. The highest BCUT2D eigenvalue weighted by Crippen LogP contribution is 2.16. The molecule has 4 heteroatoms. The minimum absolute atomic E-state index is 0.0702. The molecule has 0 saturated carbocycles. The van der Waals surface area contributed by atoms with Crippen molar-refractivity contribution in [1.82, 2.24) is 0 Å². The molecule has 0 atom stereocenters. The van der Waals surface area contributed by atoms with Crippen molar-refractivity contribution in [2.24, 2.45) is 0 Å². The van der Waals surface area contributed by atoms with E-state index in [4.69, 9.17) is 0 Å². The Kier molecular flexibility index (Phi) is 5.51. The van der Waals surface area contributed by atoms with Gasteiger partial charge < -0.3 is 5.32 Å². The summed E-state index contributed by atoms with van der Waals surface area (Å²) in [6.45, 7) is 1.65. The van der Waals surface area contributed by atoms with Crippen LogP contribution in [0.5, 0.6) is 0 Å². The molecule has 0 unspecified atom stereocenters. The molecule has 0 bridgehead atoms. The first kappa shape index (κ1) is 15.7. The van der Waals surface area contributed by atoms with Crippen LogP contribution >= 0.6 is 15.9 Å². The Morgan fingerprint density at radius 1 is 1.24 bits per heavy atom. The number of anilines is 1. The fraction of sp³-hybridized carbons (Fsp3) is 0.235. The molecule has 2 nitrogen and oxygen atoms in total. The second kappa shape index (κ2) is 7.36. The number of amides is 1. The number of carbonyl (C=O) groups excluding carboxylic acids is 1. The van der Waals surface area contributed by atoms with Gasteiger partial charge in [-0.25, -0.2) is 4.39 Å². The molecule has 0 aromatic heterocycles. The Bertz CT molecular complexity index is 642. The first-order chi connectivity index (χ1) is 10.1. The van der Waals surface area contributed by atoms with Crippen molar-refractivity contribution in [2.45, 2.75) is 19.8 Å². The molecule has 0 spiro atoms. The molecule has 0 fully saturated rings. The molecule has 0 radical (unpaired) electrons. The molecular weight excluding hydrogens is 333 g/mol. The lowest BCUT2D eigenvalue weighted by atomic mass is 10.1. The molecule has 2 aromatic carbocycles. The van der Waals surface area contributed by atoms with Gasteiger partial charge in [-0.1, -0.05) is 40.2 Å². The highest BCUT2D eigenvalue weighted by molar-refractivity contribution is 9.09. The molecular formula is C17H17BrFNO. The van der Waals surface area contributed by atoms with Crippen LogP contribution in [0, 0.1) is 12.7 Å². The number of carbonyl (C=O) groups is 1. The summed E-state index contributed by atoms with van der Waals surface area (Å²) in [4.78, 5) is 12.2. The highest BCUT2D eigenvalue weighted by atomic mass is 79.9. The fourth-order valence-corrected chi connectivity index (χ4v) is 2.38. The van der Waals surface area contributed by atoms with Crippen LogP contribution in [0.3, 0.4) is 0 Å². The number of nitrogens with one attached hydrogen (secondary N) is 1. The molecule has 2 rings (SSSR count). The van der Waals surface area contributed by atoms with Gasteiger partial charge in [-0.2, -0.15) is 0 Å². The number of hydrogen-bond acceptors (Lipinski definition) is 1. The van der Waals surface area contributed by atoms with Crippen molar-refractivity contribution in [1.29, 1.82) is 0 Å². The topological polar surface area (TPSA) is 29.1 Å². The van der Waals surface area contributed by atoms with Gasteiger partial charge >= 0.3 is 0 Å². The van der Waals surface area contributed by atoms with Crippen LogP contribution in [0.25, 0.3) is 0 Å². The van der Waals surface area contributed by atoms with Gasteiger partial charge in [0.25, 0.3) is 5.91 Å². The van der Waals surface area contributed by atoms with Crippen molar-refractivity contribution in [3.05, 3.63) is 65.0 Å². The molecule has 0 saturated heterocycles. The molecule has 0 heterocycles. The molecule has 110 valence electrons. The monoisotopic (exact) mass is 349 g/mol. The maximum absolute atomic E-state index is 13.9. The van der Waals surface area contributed by atoms with E-state index >= 15 is 0 Å². The summed E-state index contributed by atoms with van der Waals surface area (Å²) in [5, 5.41) is 3.69. The molecule has 21 heavy (non-hydrogen) atoms. The largest absolute Gasteiger partial charge is 0.322 e. The van der Waals surface area contributed by atoms with Gasteiger partial charge in [-0.15, -0.1) is 0 Å². The smallest absolute Gasteiger partial charge is 0.258 e. The van der Waals surface area contributed by atoms with Crippen molar-refractivity contribution in [2.75, 3.05) is 10.6 Å². The van der Waals surface area contributed by atoms with E-state index in [9.17, 15) is 9.18 Å². The lowest BCUT2D eigenvalue weighted by Crippen LogP contribution is -2.14. The number of aryl methyl sites for hydroxylation is 2. The second-order valence-corrected chi connectivity index (χ2v) is 5.68. The predicted octanol–water partition coefficient (Wildman–Crippen LogP) is 4.71. The van der Waals surface area contributed by atoms with Gasteiger partial charge in [0.05, 0.1) is 5.56 Å². The second-order valence-electron chi connectivity index (χ2n) is 4.88.